The molecule has 0 spiro atoms. The molecule has 2 amide bonds. The minimum absolute atomic E-state index is 0.0626. The van der Waals surface area contributed by atoms with Crippen molar-refractivity contribution in [1.29, 1.82) is 5.26 Å². The highest BCUT2D eigenvalue weighted by molar-refractivity contribution is 6.10. The van der Waals surface area contributed by atoms with Crippen molar-refractivity contribution in [3.63, 3.8) is 0 Å². The molecule has 2 fully saturated rings. The van der Waals surface area contributed by atoms with Crippen molar-refractivity contribution in [3.05, 3.63) is 47.9 Å². The minimum atomic E-state index is -0.182. The van der Waals surface area contributed by atoms with Crippen molar-refractivity contribution in [1.82, 2.24) is 19.4 Å². The zero-order chi connectivity index (χ0) is 25.7. The SMILES string of the molecule is COc1cc(/C(C=NC2CCN(C(=O)C3CN(C(=O)/C=C/CO)C3)CC2)=C/N)cn2ncc(C#N)c12. The second-order valence-corrected chi connectivity index (χ2v) is 8.74. The van der Waals surface area contributed by atoms with Gasteiger partial charge in [0.25, 0.3) is 0 Å². The molecular weight excluding hydrogens is 462 g/mol. The molecule has 0 saturated carbocycles. The fourth-order valence-electron chi connectivity index (χ4n) is 4.45. The monoisotopic (exact) mass is 491 g/mol. The number of nitrogens with two attached hydrogens (primary N) is 1. The number of likely N-dealkylation sites (tertiary alicyclic amines) is 2. The first-order valence-electron chi connectivity index (χ1n) is 11.7. The number of nitriles is 1. The van der Waals surface area contributed by atoms with Gasteiger partial charge in [0.2, 0.25) is 11.8 Å². The van der Waals surface area contributed by atoms with Crippen LogP contribution in [0, 0.1) is 17.2 Å². The van der Waals surface area contributed by atoms with E-state index in [-0.39, 0.29) is 30.4 Å². The average molecular weight is 492 g/mol. The van der Waals surface area contributed by atoms with Gasteiger partial charge in [0.05, 0.1) is 31.9 Å². The van der Waals surface area contributed by atoms with Crippen LogP contribution in [0.15, 0.2) is 41.8 Å². The number of hydrogen-bond acceptors (Lipinski definition) is 8. The number of aliphatic imine (C=N–C) groups is 1. The molecule has 3 N–H and O–H groups in total. The van der Waals surface area contributed by atoms with Gasteiger partial charge >= 0.3 is 0 Å². The number of fused-ring (bicyclic) bond motifs is 1. The van der Waals surface area contributed by atoms with Gasteiger partial charge in [0, 0.05) is 62.0 Å². The third-order valence-electron chi connectivity index (χ3n) is 6.54. The van der Waals surface area contributed by atoms with E-state index in [1.807, 2.05) is 4.90 Å². The van der Waals surface area contributed by atoms with E-state index < -0.39 is 0 Å². The van der Waals surface area contributed by atoms with Gasteiger partial charge < -0.3 is 25.4 Å². The van der Waals surface area contributed by atoms with Crippen molar-refractivity contribution in [2.45, 2.75) is 18.9 Å². The summed E-state index contributed by atoms with van der Waals surface area (Å²) in [6, 6.07) is 3.97. The zero-order valence-corrected chi connectivity index (χ0v) is 20.1. The van der Waals surface area contributed by atoms with Crippen LogP contribution in [0.1, 0.15) is 24.0 Å². The molecule has 2 aliphatic rings. The summed E-state index contributed by atoms with van der Waals surface area (Å²) in [7, 11) is 1.54. The van der Waals surface area contributed by atoms with Crippen LogP contribution in [0.4, 0.5) is 0 Å². The number of nitrogens with zero attached hydrogens (tertiary/aromatic N) is 6. The van der Waals surface area contributed by atoms with Crippen LogP contribution < -0.4 is 10.5 Å². The van der Waals surface area contributed by atoms with E-state index in [9.17, 15) is 14.9 Å². The first-order valence-corrected chi connectivity index (χ1v) is 11.7. The number of piperidine rings is 1. The summed E-state index contributed by atoms with van der Waals surface area (Å²) >= 11 is 0. The second kappa shape index (κ2) is 11.0. The van der Waals surface area contributed by atoms with Crippen LogP contribution >= 0.6 is 0 Å². The van der Waals surface area contributed by atoms with Crippen molar-refractivity contribution in [2.24, 2.45) is 16.6 Å². The van der Waals surface area contributed by atoms with E-state index in [1.54, 1.807) is 27.9 Å². The number of ether oxygens (including phenoxy) is 1. The molecule has 0 aromatic carbocycles. The average Bonchev–Trinajstić information content (AvgIpc) is 3.30. The number of rotatable bonds is 7. The van der Waals surface area contributed by atoms with E-state index in [0.29, 0.717) is 48.6 Å². The third-order valence-corrected chi connectivity index (χ3v) is 6.54. The molecule has 0 radical (unpaired) electrons. The standard InChI is InChI=1S/C25H29N7O4/c1-36-22-9-17(16-32-24(22)19(11-27)13-29-32)18(10-26)12-28-21-4-6-30(7-5-21)25(35)20-14-31(15-20)23(34)3-2-8-33/h2-3,9-10,12-13,16,20-21,33H,4-8,14-15,26H2,1H3/b3-2+,18-10+,28-12?. The maximum Gasteiger partial charge on any atom is 0.246 e. The van der Waals surface area contributed by atoms with E-state index >= 15 is 0 Å². The van der Waals surface area contributed by atoms with E-state index in [0.717, 1.165) is 18.4 Å². The van der Waals surface area contributed by atoms with Gasteiger partial charge in [-0.15, -0.1) is 0 Å². The van der Waals surface area contributed by atoms with Gasteiger partial charge in [-0.3, -0.25) is 14.6 Å². The minimum Gasteiger partial charge on any atom is -0.494 e. The largest absolute Gasteiger partial charge is 0.494 e. The smallest absolute Gasteiger partial charge is 0.246 e. The Hall–Kier alpha value is -4.17. The predicted molar refractivity (Wildman–Crippen MR) is 133 cm³/mol. The van der Waals surface area contributed by atoms with Crippen molar-refractivity contribution >= 4 is 29.1 Å². The van der Waals surface area contributed by atoms with E-state index in [1.165, 1.54) is 31.7 Å². The Morgan fingerprint density at radius 3 is 2.72 bits per heavy atom. The Morgan fingerprint density at radius 2 is 2.08 bits per heavy atom. The van der Waals surface area contributed by atoms with Crippen LogP contribution in [0.3, 0.4) is 0 Å². The molecule has 2 aromatic heterocycles. The number of aliphatic hydroxyl groups is 1. The summed E-state index contributed by atoms with van der Waals surface area (Å²) in [4.78, 5) is 32.8. The normalized spacial score (nSPS) is 17.6. The second-order valence-electron chi connectivity index (χ2n) is 8.74. The Morgan fingerprint density at radius 1 is 1.33 bits per heavy atom. The van der Waals surface area contributed by atoms with Crippen molar-refractivity contribution < 1.29 is 19.4 Å². The van der Waals surface area contributed by atoms with E-state index in [4.69, 9.17) is 20.6 Å². The molecule has 4 heterocycles. The zero-order valence-electron chi connectivity index (χ0n) is 20.1. The number of allylic oxidation sites excluding steroid dienone is 1. The number of carbonyl (C=O) groups is 2. The van der Waals surface area contributed by atoms with Crippen molar-refractivity contribution in [2.75, 3.05) is 39.9 Å². The highest BCUT2D eigenvalue weighted by Crippen LogP contribution is 2.27. The molecule has 4 rings (SSSR count). The van der Waals surface area contributed by atoms with Gasteiger partial charge in [-0.05, 0) is 18.9 Å². The lowest BCUT2D eigenvalue weighted by Gasteiger charge is -2.41. The molecule has 11 heteroatoms. The maximum atomic E-state index is 12.8. The van der Waals surface area contributed by atoms with Gasteiger partial charge in [0.1, 0.15) is 22.9 Å². The molecular formula is C25H29N7O4. The van der Waals surface area contributed by atoms with Crippen LogP contribution in [-0.2, 0) is 9.59 Å². The molecule has 0 atom stereocenters. The molecule has 2 aromatic rings. The summed E-state index contributed by atoms with van der Waals surface area (Å²) in [5.74, 6) is 0.241. The summed E-state index contributed by atoms with van der Waals surface area (Å²) < 4.78 is 7.06. The van der Waals surface area contributed by atoms with E-state index in [2.05, 4.69) is 11.2 Å². The number of methoxy groups -OCH3 is 1. The molecule has 188 valence electrons. The first-order chi connectivity index (χ1) is 17.5. The quantitative estimate of drug-likeness (QED) is 0.425. The summed E-state index contributed by atoms with van der Waals surface area (Å²) in [6.45, 7) is 1.87. The van der Waals surface area contributed by atoms with Crippen molar-refractivity contribution in [3.8, 4) is 11.8 Å². The first kappa shape index (κ1) is 24.9. The topological polar surface area (TPSA) is 150 Å². The van der Waals surface area contributed by atoms with Gasteiger partial charge in [-0.1, -0.05) is 6.08 Å². The van der Waals surface area contributed by atoms with Gasteiger partial charge in [-0.25, -0.2) is 4.52 Å². The summed E-state index contributed by atoms with van der Waals surface area (Å²) in [5.41, 5.74) is 8.35. The van der Waals surface area contributed by atoms with Crippen LogP contribution in [0.5, 0.6) is 5.75 Å². The molecule has 36 heavy (non-hydrogen) atoms. The van der Waals surface area contributed by atoms with Gasteiger partial charge in [-0.2, -0.15) is 10.4 Å². The Labute approximate surface area is 208 Å². The van der Waals surface area contributed by atoms with Crippen LogP contribution in [-0.4, -0.2) is 88.5 Å². The highest BCUT2D eigenvalue weighted by atomic mass is 16.5. The maximum absolute atomic E-state index is 12.8. The Balaban J connectivity index is 1.33. The third kappa shape index (κ3) is 5.08. The predicted octanol–water partition coefficient (Wildman–Crippen LogP) is 0.583. The molecule has 0 unspecified atom stereocenters. The van der Waals surface area contributed by atoms with Gasteiger partial charge in [0.15, 0.2) is 0 Å². The number of pyridine rings is 1. The van der Waals surface area contributed by atoms with Crippen LogP contribution in [0.25, 0.3) is 11.1 Å². The lowest BCUT2D eigenvalue weighted by atomic mass is 9.96. The lowest BCUT2D eigenvalue weighted by Crippen LogP contribution is -2.57. The molecule has 2 aliphatic heterocycles. The fraction of sp³-hybridized carbons (Fsp3) is 0.400. The molecule has 2 saturated heterocycles. The van der Waals surface area contributed by atoms with Crippen LogP contribution in [0.2, 0.25) is 0 Å². The summed E-state index contributed by atoms with van der Waals surface area (Å²) in [6.07, 6.45) is 10.7. The summed E-state index contributed by atoms with van der Waals surface area (Å²) in [5, 5.41) is 22.3. The Kier molecular flexibility index (Phi) is 7.65. The number of aromatic nitrogens is 2. The number of hydrogen-bond donors (Lipinski definition) is 2. The number of amides is 2. The molecule has 11 nitrogen and oxygen atoms in total. The lowest BCUT2D eigenvalue weighted by molar-refractivity contribution is -0.146. The highest BCUT2D eigenvalue weighted by Gasteiger charge is 2.38. The Bertz CT molecular complexity index is 1260. The molecule has 0 bridgehead atoms. The fourth-order valence-corrected chi connectivity index (χ4v) is 4.45. The number of aliphatic hydroxyl groups excluding tert-OH is 1. The molecule has 0 aliphatic carbocycles. The number of carbonyl (C=O) groups excluding carboxylic acids is 2.